The lowest BCUT2D eigenvalue weighted by Crippen LogP contribution is -2.38. The number of carbonyl (C=O) groups excluding carboxylic acids is 1. The third-order valence-electron chi connectivity index (χ3n) is 4.68. The first kappa shape index (κ1) is 19.3. The Balaban J connectivity index is 1.98. The second kappa shape index (κ2) is 7.30. The first-order valence-electron chi connectivity index (χ1n) is 8.64. The van der Waals surface area contributed by atoms with Crippen LogP contribution in [0.5, 0.6) is 0 Å². The number of rotatable bonds is 4. The third-order valence-corrected chi connectivity index (χ3v) is 4.68. The smallest absolute Gasteiger partial charge is 0.376 e. The molecule has 1 saturated heterocycles. The van der Waals surface area contributed by atoms with E-state index in [1.165, 1.54) is 6.07 Å². The van der Waals surface area contributed by atoms with Gasteiger partial charge in [-0.2, -0.15) is 13.2 Å². The molecule has 0 saturated carbocycles. The molecular weight excluding hydrogens is 363 g/mol. The molecule has 1 aliphatic rings. The van der Waals surface area contributed by atoms with Crippen molar-refractivity contribution in [2.75, 3.05) is 13.2 Å². The van der Waals surface area contributed by atoms with Crippen LogP contribution in [0.4, 0.5) is 13.2 Å². The van der Waals surface area contributed by atoms with Crippen LogP contribution >= 0.6 is 0 Å². The van der Waals surface area contributed by atoms with Crippen LogP contribution in [0.25, 0.3) is 11.0 Å². The van der Waals surface area contributed by atoms with E-state index in [9.17, 15) is 22.8 Å². The zero-order chi connectivity index (χ0) is 19.8. The van der Waals surface area contributed by atoms with E-state index in [1.54, 1.807) is 19.9 Å². The predicted molar refractivity (Wildman–Crippen MR) is 92.5 cm³/mol. The molecule has 1 aromatic heterocycles. The van der Waals surface area contributed by atoms with Crippen molar-refractivity contribution in [1.29, 1.82) is 0 Å². The molecule has 146 valence electrons. The van der Waals surface area contributed by atoms with E-state index < -0.39 is 29.9 Å². The molecule has 3 rings (SSSR count). The summed E-state index contributed by atoms with van der Waals surface area (Å²) in [5.74, 6) is -0.550. The molecule has 1 atom stereocenters. The van der Waals surface area contributed by atoms with Crippen LogP contribution in [0, 0.1) is 13.8 Å². The number of fused-ring (bicyclic) bond motifs is 1. The van der Waals surface area contributed by atoms with E-state index in [-0.39, 0.29) is 23.7 Å². The Bertz CT molecular complexity index is 931. The molecule has 2 heterocycles. The minimum Gasteiger partial charge on any atom is -0.376 e. The Kier molecular flexibility index (Phi) is 5.23. The number of amides is 1. The van der Waals surface area contributed by atoms with Gasteiger partial charge in [-0.15, -0.1) is 0 Å². The van der Waals surface area contributed by atoms with Crippen LogP contribution in [0.2, 0.25) is 0 Å². The van der Waals surface area contributed by atoms with E-state index in [0.29, 0.717) is 6.61 Å². The summed E-state index contributed by atoms with van der Waals surface area (Å²) in [5, 5.41) is 2.62. The van der Waals surface area contributed by atoms with Gasteiger partial charge in [-0.05, 0) is 49.9 Å². The van der Waals surface area contributed by atoms with Crippen LogP contribution in [0.1, 0.15) is 29.7 Å². The maximum absolute atomic E-state index is 13.2. The van der Waals surface area contributed by atoms with Gasteiger partial charge in [0, 0.05) is 13.2 Å². The first-order chi connectivity index (χ1) is 12.7. The lowest BCUT2D eigenvalue weighted by Gasteiger charge is -2.16. The van der Waals surface area contributed by atoms with E-state index in [0.717, 1.165) is 28.5 Å². The van der Waals surface area contributed by atoms with Gasteiger partial charge in [0.2, 0.25) is 11.6 Å². The highest BCUT2D eigenvalue weighted by Crippen LogP contribution is 2.27. The van der Waals surface area contributed by atoms with E-state index in [4.69, 9.17) is 4.74 Å². The van der Waals surface area contributed by atoms with Gasteiger partial charge in [-0.25, -0.2) is 4.98 Å². The fourth-order valence-electron chi connectivity index (χ4n) is 3.07. The number of ether oxygens (including phenoxy) is 1. The maximum atomic E-state index is 13.2. The summed E-state index contributed by atoms with van der Waals surface area (Å²) >= 11 is 0. The maximum Gasteiger partial charge on any atom is 0.438 e. The number of hydrogen-bond donors (Lipinski definition) is 1. The summed E-state index contributed by atoms with van der Waals surface area (Å²) in [4.78, 5) is 28.2. The summed E-state index contributed by atoms with van der Waals surface area (Å²) in [7, 11) is 0. The van der Waals surface area contributed by atoms with Gasteiger partial charge < -0.3 is 10.1 Å². The number of hydrogen-bond acceptors (Lipinski definition) is 4. The van der Waals surface area contributed by atoms with Gasteiger partial charge in [0.1, 0.15) is 6.54 Å². The standard InChI is InChI=1S/C18H20F3N3O3/c1-10-6-13-14(7-11(10)2)24(17(26)16(23-13)18(19,20)21)9-15(25)22-8-12-4-3-5-27-12/h6-7,12H,3-5,8-9H2,1-2H3,(H,22,25)/t12-/m1/s1. The lowest BCUT2D eigenvalue weighted by molar-refractivity contribution is -0.142. The Labute approximate surface area is 153 Å². The number of nitrogens with one attached hydrogen (secondary N) is 1. The van der Waals surface area contributed by atoms with Crippen molar-refractivity contribution in [2.45, 2.75) is 45.5 Å². The lowest BCUT2D eigenvalue weighted by atomic mass is 10.1. The highest BCUT2D eigenvalue weighted by Gasteiger charge is 2.37. The molecular formula is C18H20F3N3O3. The van der Waals surface area contributed by atoms with Crippen LogP contribution in [0.15, 0.2) is 16.9 Å². The molecule has 0 spiro atoms. The second-order valence-electron chi connectivity index (χ2n) is 6.71. The number of alkyl halides is 3. The van der Waals surface area contributed by atoms with Gasteiger partial charge in [-0.3, -0.25) is 14.2 Å². The van der Waals surface area contributed by atoms with Crippen molar-refractivity contribution in [1.82, 2.24) is 14.9 Å². The molecule has 1 aromatic carbocycles. The van der Waals surface area contributed by atoms with Crippen LogP contribution in [-0.2, 0) is 22.3 Å². The van der Waals surface area contributed by atoms with Crippen molar-refractivity contribution in [3.63, 3.8) is 0 Å². The normalized spacial score (nSPS) is 17.4. The largest absolute Gasteiger partial charge is 0.438 e. The van der Waals surface area contributed by atoms with E-state index >= 15 is 0 Å². The fourth-order valence-corrected chi connectivity index (χ4v) is 3.07. The Morgan fingerprint density at radius 3 is 2.67 bits per heavy atom. The molecule has 27 heavy (non-hydrogen) atoms. The molecule has 6 nitrogen and oxygen atoms in total. The summed E-state index contributed by atoms with van der Waals surface area (Å²) in [6.07, 6.45) is -3.28. The van der Waals surface area contributed by atoms with Crippen molar-refractivity contribution in [3.8, 4) is 0 Å². The molecule has 0 unspecified atom stereocenters. The highest BCUT2D eigenvalue weighted by molar-refractivity contribution is 5.81. The zero-order valence-electron chi connectivity index (χ0n) is 15.0. The number of aryl methyl sites for hydroxylation is 2. The summed E-state index contributed by atoms with van der Waals surface area (Å²) < 4.78 is 45.9. The number of carbonyl (C=O) groups is 1. The van der Waals surface area contributed by atoms with Gasteiger partial charge in [0.05, 0.1) is 17.1 Å². The molecule has 0 aliphatic carbocycles. The van der Waals surface area contributed by atoms with E-state index in [1.807, 2.05) is 0 Å². The highest BCUT2D eigenvalue weighted by atomic mass is 19.4. The quantitative estimate of drug-likeness (QED) is 0.880. The minimum absolute atomic E-state index is 0.0250. The van der Waals surface area contributed by atoms with Crippen LogP contribution in [-0.4, -0.2) is 34.7 Å². The molecule has 1 N–H and O–H groups in total. The predicted octanol–water partition coefficient (Wildman–Crippen LogP) is 2.33. The number of aromatic nitrogens is 2. The second-order valence-corrected chi connectivity index (χ2v) is 6.71. The molecule has 1 aliphatic heterocycles. The van der Waals surface area contributed by atoms with Gasteiger partial charge in [0.15, 0.2) is 0 Å². The van der Waals surface area contributed by atoms with Crippen LogP contribution < -0.4 is 10.9 Å². The molecule has 9 heteroatoms. The van der Waals surface area contributed by atoms with Crippen molar-refractivity contribution >= 4 is 16.9 Å². The summed E-state index contributed by atoms with van der Waals surface area (Å²) in [5.41, 5.74) is -1.09. The molecule has 1 fully saturated rings. The summed E-state index contributed by atoms with van der Waals surface area (Å²) in [6.45, 7) is 3.89. The fraction of sp³-hybridized carbons (Fsp3) is 0.500. The average molecular weight is 383 g/mol. The minimum atomic E-state index is -4.90. The molecule has 0 radical (unpaired) electrons. The van der Waals surface area contributed by atoms with Crippen molar-refractivity contribution in [3.05, 3.63) is 39.3 Å². The van der Waals surface area contributed by atoms with Gasteiger partial charge in [0.25, 0.3) is 5.56 Å². The molecule has 1 amide bonds. The third kappa shape index (κ3) is 4.13. The Morgan fingerprint density at radius 2 is 2.04 bits per heavy atom. The Morgan fingerprint density at radius 1 is 1.33 bits per heavy atom. The van der Waals surface area contributed by atoms with Gasteiger partial charge in [-0.1, -0.05) is 0 Å². The van der Waals surface area contributed by atoms with Crippen molar-refractivity contribution < 1.29 is 22.7 Å². The zero-order valence-corrected chi connectivity index (χ0v) is 15.0. The van der Waals surface area contributed by atoms with Crippen LogP contribution in [0.3, 0.4) is 0 Å². The average Bonchev–Trinajstić information content (AvgIpc) is 3.09. The monoisotopic (exact) mass is 383 g/mol. The van der Waals surface area contributed by atoms with Crippen molar-refractivity contribution in [2.24, 2.45) is 0 Å². The number of halogens is 3. The number of nitrogens with zero attached hydrogens (tertiary/aromatic N) is 2. The number of benzene rings is 1. The van der Waals surface area contributed by atoms with E-state index in [2.05, 4.69) is 10.3 Å². The first-order valence-corrected chi connectivity index (χ1v) is 8.64. The van der Waals surface area contributed by atoms with Gasteiger partial charge >= 0.3 is 6.18 Å². The Hall–Kier alpha value is -2.42. The molecule has 2 aromatic rings. The summed E-state index contributed by atoms with van der Waals surface area (Å²) in [6, 6.07) is 3.06. The topological polar surface area (TPSA) is 73.2 Å². The SMILES string of the molecule is Cc1cc2nc(C(F)(F)F)c(=O)n(CC(=O)NC[C@H]3CCCO3)c2cc1C. The molecule has 0 bridgehead atoms.